The van der Waals surface area contributed by atoms with Crippen LogP contribution in [0.3, 0.4) is 0 Å². The molecule has 0 saturated carbocycles. The molecule has 16 heavy (non-hydrogen) atoms. The summed E-state index contributed by atoms with van der Waals surface area (Å²) in [5, 5.41) is 4.19. The van der Waals surface area contributed by atoms with Gasteiger partial charge in [-0.15, -0.1) is 0 Å². The van der Waals surface area contributed by atoms with Crippen molar-refractivity contribution in [1.82, 2.24) is 9.97 Å². The van der Waals surface area contributed by atoms with Gasteiger partial charge < -0.3 is 5.32 Å². The van der Waals surface area contributed by atoms with Crippen molar-refractivity contribution in [3.8, 4) is 0 Å². The van der Waals surface area contributed by atoms with Crippen LogP contribution in [0.2, 0.25) is 0 Å². The summed E-state index contributed by atoms with van der Waals surface area (Å²) in [6.07, 6.45) is 3.67. The van der Waals surface area contributed by atoms with Gasteiger partial charge in [-0.3, -0.25) is 0 Å². The van der Waals surface area contributed by atoms with E-state index in [-0.39, 0.29) is 0 Å². The molecule has 0 amide bonds. The second-order valence-electron chi connectivity index (χ2n) is 4.16. The smallest absolute Gasteiger partial charge is 0.129 e. The van der Waals surface area contributed by atoms with E-state index in [9.17, 15) is 0 Å². The van der Waals surface area contributed by atoms with Crippen LogP contribution in [-0.2, 0) is 6.42 Å². The lowest BCUT2D eigenvalue weighted by Crippen LogP contribution is -2.15. The molecule has 88 valence electrons. The summed E-state index contributed by atoms with van der Waals surface area (Å²) < 4.78 is 0. The van der Waals surface area contributed by atoms with Crippen molar-refractivity contribution in [2.75, 3.05) is 17.6 Å². The fraction of sp³-hybridized carbons (Fsp3) is 0.667. The Labute approximate surface area is 101 Å². The first kappa shape index (κ1) is 11.7. The molecule has 0 aliphatic carbocycles. The lowest BCUT2D eigenvalue weighted by atomic mass is 10.2. The van der Waals surface area contributed by atoms with Gasteiger partial charge in [0, 0.05) is 23.6 Å². The monoisotopic (exact) mass is 237 g/mol. The number of nitrogens with one attached hydrogen (secondary N) is 1. The summed E-state index contributed by atoms with van der Waals surface area (Å²) in [4.78, 5) is 8.79. The van der Waals surface area contributed by atoms with Gasteiger partial charge in [-0.2, -0.15) is 11.8 Å². The Balaban J connectivity index is 1.94. The van der Waals surface area contributed by atoms with Gasteiger partial charge in [-0.05, 0) is 31.9 Å². The largest absolute Gasteiger partial charge is 0.369 e. The Bertz CT molecular complexity index is 348. The fourth-order valence-electron chi connectivity index (χ4n) is 1.92. The first-order valence-electron chi connectivity index (χ1n) is 5.98. The Morgan fingerprint density at radius 1 is 1.50 bits per heavy atom. The maximum absolute atomic E-state index is 4.41. The van der Waals surface area contributed by atoms with Crippen LogP contribution in [-0.4, -0.2) is 27.5 Å². The van der Waals surface area contributed by atoms with Gasteiger partial charge in [0.25, 0.3) is 0 Å². The molecule has 4 heteroatoms. The number of hydrogen-bond donors (Lipinski definition) is 1. The van der Waals surface area contributed by atoms with Crippen molar-refractivity contribution in [2.24, 2.45) is 0 Å². The van der Waals surface area contributed by atoms with Crippen LogP contribution in [0.4, 0.5) is 5.82 Å². The average Bonchev–Trinajstić information content (AvgIpc) is 2.78. The predicted molar refractivity (Wildman–Crippen MR) is 70.1 cm³/mol. The molecule has 1 atom stereocenters. The number of aromatic nitrogens is 2. The molecule has 3 nitrogen and oxygen atoms in total. The van der Waals surface area contributed by atoms with Crippen LogP contribution in [0.5, 0.6) is 0 Å². The molecule has 1 aliphatic rings. The lowest BCUT2D eigenvalue weighted by molar-refractivity contribution is 0.801. The summed E-state index contributed by atoms with van der Waals surface area (Å²) in [5.74, 6) is 3.16. The zero-order valence-corrected chi connectivity index (χ0v) is 10.8. The maximum atomic E-state index is 4.41. The van der Waals surface area contributed by atoms with Gasteiger partial charge in [0.1, 0.15) is 11.6 Å². The minimum atomic E-state index is 0.764. The highest BCUT2D eigenvalue weighted by molar-refractivity contribution is 8.00. The van der Waals surface area contributed by atoms with E-state index >= 15 is 0 Å². The predicted octanol–water partition coefficient (Wildman–Crippen LogP) is 2.65. The minimum Gasteiger partial charge on any atom is -0.369 e. The number of nitrogens with zero attached hydrogens (tertiary/aromatic N) is 2. The highest BCUT2D eigenvalue weighted by Crippen LogP contribution is 2.26. The highest BCUT2D eigenvalue weighted by Gasteiger charge is 2.15. The fourth-order valence-corrected chi connectivity index (χ4v) is 3.13. The van der Waals surface area contributed by atoms with E-state index in [0.29, 0.717) is 0 Å². The van der Waals surface area contributed by atoms with Crippen molar-refractivity contribution in [2.45, 2.75) is 38.4 Å². The lowest BCUT2D eigenvalue weighted by Gasteiger charge is -2.11. The number of rotatable bonds is 4. The summed E-state index contributed by atoms with van der Waals surface area (Å²) in [6.45, 7) is 5.11. The van der Waals surface area contributed by atoms with E-state index in [2.05, 4.69) is 40.0 Å². The van der Waals surface area contributed by atoms with Crippen LogP contribution in [0, 0.1) is 6.92 Å². The molecular formula is C12H19N3S. The summed E-state index contributed by atoms with van der Waals surface area (Å²) in [6, 6.07) is 2.06. The minimum absolute atomic E-state index is 0.764. The molecule has 1 aromatic rings. The van der Waals surface area contributed by atoms with E-state index < -0.39 is 0 Å². The van der Waals surface area contributed by atoms with Crippen LogP contribution in [0.15, 0.2) is 6.07 Å². The van der Waals surface area contributed by atoms with E-state index in [1.54, 1.807) is 0 Å². The molecule has 1 aromatic heterocycles. The molecular weight excluding hydrogens is 218 g/mol. The third-order valence-corrected chi connectivity index (χ3v) is 4.19. The van der Waals surface area contributed by atoms with E-state index in [1.165, 1.54) is 18.6 Å². The molecule has 0 radical (unpaired) electrons. The quantitative estimate of drug-likeness (QED) is 0.873. The van der Waals surface area contributed by atoms with Crippen molar-refractivity contribution in [3.63, 3.8) is 0 Å². The molecule has 2 rings (SSSR count). The molecule has 1 saturated heterocycles. The Hall–Kier alpha value is -0.770. The normalized spacial score (nSPS) is 20.0. The molecule has 0 spiro atoms. The van der Waals surface area contributed by atoms with Crippen LogP contribution in [0.1, 0.15) is 31.3 Å². The molecule has 0 aromatic carbocycles. The Kier molecular flexibility index (Phi) is 4.04. The highest BCUT2D eigenvalue weighted by atomic mass is 32.2. The van der Waals surface area contributed by atoms with Gasteiger partial charge in [-0.25, -0.2) is 9.97 Å². The molecule has 1 aliphatic heterocycles. The van der Waals surface area contributed by atoms with Gasteiger partial charge in [0.2, 0.25) is 0 Å². The summed E-state index contributed by atoms with van der Waals surface area (Å²) in [5.41, 5.74) is 1.12. The first-order valence-corrected chi connectivity index (χ1v) is 7.03. The average molecular weight is 237 g/mol. The number of hydrogen-bond acceptors (Lipinski definition) is 4. The number of anilines is 1. The molecule has 1 unspecified atom stereocenters. The summed E-state index contributed by atoms with van der Waals surface area (Å²) in [7, 11) is 0. The van der Waals surface area contributed by atoms with Crippen molar-refractivity contribution >= 4 is 17.6 Å². The third-order valence-electron chi connectivity index (χ3n) is 2.79. The Morgan fingerprint density at radius 3 is 3.06 bits per heavy atom. The van der Waals surface area contributed by atoms with Gasteiger partial charge in [-0.1, -0.05) is 6.92 Å². The maximum Gasteiger partial charge on any atom is 0.129 e. The van der Waals surface area contributed by atoms with Crippen LogP contribution < -0.4 is 5.32 Å². The topological polar surface area (TPSA) is 37.8 Å². The van der Waals surface area contributed by atoms with Crippen molar-refractivity contribution in [1.29, 1.82) is 0 Å². The van der Waals surface area contributed by atoms with Crippen molar-refractivity contribution < 1.29 is 0 Å². The molecule has 0 bridgehead atoms. The second kappa shape index (κ2) is 5.53. The molecule has 1 N–H and O–H groups in total. The Morgan fingerprint density at radius 2 is 2.38 bits per heavy atom. The second-order valence-corrected chi connectivity index (χ2v) is 5.57. The zero-order valence-electron chi connectivity index (χ0n) is 9.99. The zero-order chi connectivity index (χ0) is 11.4. The van der Waals surface area contributed by atoms with Gasteiger partial charge in [0.15, 0.2) is 0 Å². The van der Waals surface area contributed by atoms with Crippen molar-refractivity contribution in [3.05, 3.63) is 17.6 Å². The summed E-state index contributed by atoms with van der Waals surface area (Å²) >= 11 is 2.07. The van der Waals surface area contributed by atoms with Gasteiger partial charge in [0.05, 0.1) is 0 Å². The van der Waals surface area contributed by atoms with E-state index in [4.69, 9.17) is 0 Å². The molecule has 1 fully saturated rings. The van der Waals surface area contributed by atoms with Crippen LogP contribution >= 0.6 is 11.8 Å². The standard InChI is InChI=1S/C12H19N3S/c1-3-10-7-12(15-9(2)14-10)13-8-11-5-4-6-16-11/h7,11H,3-6,8H2,1-2H3,(H,13,14,15). The third kappa shape index (κ3) is 3.11. The van der Waals surface area contributed by atoms with Gasteiger partial charge >= 0.3 is 0 Å². The molecule has 2 heterocycles. The van der Waals surface area contributed by atoms with E-state index in [1.807, 2.05) is 6.92 Å². The number of aryl methyl sites for hydroxylation is 2. The van der Waals surface area contributed by atoms with E-state index in [0.717, 1.165) is 35.6 Å². The number of thioether (sulfide) groups is 1. The van der Waals surface area contributed by atoms with Crippen LogP contribution in [0.25, 0.3) is 0 Å². The SMILES string of the molecule is CCc1cc(NCC2CCCS2)nc(C)n1. The first-order chi connectivity index (χ1) is 7.78.